The van der Waals surface area contributed by atoms with Gasteiger partial charge < -0.3 is 20.1 Å². The third-order valence-electron chi connectivity index (χ3n) is 3.98. The number of fused-ring (bicyclic) bond motifs is 1. The monoisotopic (exact) mass is 324 g/mol. The van der Waals surface area contributed by atoms with Crippen molar-refractivity contribution in [3.63, 3.8) is 0 Å². The molecule has 22 heavy (non-hydrogen) atoms. The molecule has 0 fully saturated rings. The highest BCUT2D eigenvalue weighted by Gasteiger charge is 2.26. The smallest absolute Gasteiger partial charge is 0.239 e. The highest BCUT2D eigenvalue weighted by Crippen LogP contribution is 2.33. The Balaban J connectivity index is 2.12. The van der Waals surface area contributed by atoms with Gasteiger partial charge in [-0.05, 0) is 48.1 Å². The summed E-state index contributed by atoms with van der Waals surface area (Å²) in [4.78, 5) is 14.3. The van der Waals surface area contributed by atoms with Gasteiger partial charge in [-0.2, -0.15) is 11.8 Å². The number of nitrogens with two attached hydrogens (primary N) is 1. The Kier molecular flexibility index (Phi) is 5.97. The number of nitrogens with zero attached hydrogens (tertiary/aromatic N) is 1. The zero-order chi connectivity index (χ0) is 16.1. The Morgan fingerprint density at radius 1 is 1.32 bits per heavy atom. The van der Waals surface area contributed by atoms with Crippen molar-refractivity contribution in [2.24, 2.45) is 5.73 Å². The first-order chi connectivity index (χ1) is 10.6. The van der Waals surface area contributed by atoms with E-state index in [1.807, 2.05) is 23.3 Å². The van der Waals surface area contributed by atoms with Crippen molar-refractivity contribution in [2.75, 3.05) is 32.8 Å². The number of hydrogen-bond donors (Lipinski definition) is 1. The number of rotatable bonds is 6. The molecule has 1 aliphatic rings. The van der Waals surface area contributed by atoms with Crippen LogP contribution in [0.3, 0.4) is 0 Å². The number of carbonyl (C=O) groups excluding carboxylic acids is 1. The predicted molar refractivity (Wildman–Crippen MR) is 89.6 cm³/mol. The van der Waals surface area contributed by atoms with Crippen molar-refractivity contribution in [1.82, 2.24) is 4.90 Å². The third-order valence-corrected chi connectivity index (χ3v) is 4.62. The van der Waals surface area contributed by atoms with Gasteiger partial charge in [0.1, 0.15) is 0 Å². The Labute approximate surface area is 136 Å². The average molecular weight is 324 g/mol. The van der Waals surface area contributed by atoms with Gasteiger partial charge in [0.25, 0.3) is 0 Å². The van der Waals surface area contributed by atoms with Gasteiger partial charge in [0.05, 0.1) is 20.3 Å². The van der Waals surface area contributed by atoms with Gasteiger partial charge in [0.15, 0.2) is 11.5 Å². The number of benzene rings is 1. The summed E-state index contributed by atoms with van der Waals surface area (Å²) < 4.78 is 10.7. The van der Waals surface area contributed by atoms with E-state index in [1.54, 1.807) is 26.0 Å². The summed E-state index contributed by atoms with van der Waals surface area (Å²) in [5, 5.41) is 0. The molecule has 1 aliphatic heterocycles. The lowest BCUT2D eigenvalue weighted by atomic mass is 9.98. The van der Waals surface area contributed by atoms with Gasteiger partial charge in [0, 0.05) is 13.1 Å². The van der Waals surface area contributed by atoms with Gasteiger partial charge in [-0.1, -0.05) is 0 Å². The van der Waals surface area contributed by atoms with E-state index in [-0.39, 0.29) is 5.91 Å². The molecule has 0 saturated heterocycles. The van der Waals surface area contributed by atoms with Gasteiger partial charge in [-0.25, -0.2) is 0 Å². The number of thioether (sulfide) groups is 1. The molecule has 2 rings (SSSR count). The largest absolute Gasteiger partial charge is 0.493 e. The predicted octanol–water partition coefficient (Wildman–Crippen LogP) is 1.67. The van der Waals surface area contributed by atoms with E-state index in [2.05, 4.69) is 0 Å². The summed E-state index contributed by atoms with van der Waals surface area (Å²) in [7, 11) is 3.25. The van der Waals surface area contributed by atoms with Gasteiger partial charge in [-0.15, -0.1) is 0 Å². The molecule has 0 radical (unpaired) electrons. The normalized spacial score (nSPS) is 15.2. The molecular weight excluding hydrogens is 300 g/mol. The zero-order valence-corrected chi connectivity index (χ0v) is 14.2. The Bertz CT molecular complexity index is 536. The molecule has 1 atom stereocenters. The van der Waals surface area contributed by atoms with E-state index in [0.29, 0.717) is 18.8 Å². The first-order valence-electron chi connectivity index (χ1n) is 7.37. The van der Waals surface area contributed by atoms with Crippen molar-refractivity contribution in [2.45, 2.75) is 25.4 Å². The van der Waals surface area contributed by atoms with E-state index in [9.17, 15) is 4.79 Å². The Morgan fingerprint density at radius 2 is 1.95 bits per heavy atom. The highest BCUT2D eigenvalue weighted by atomic mass is 32.2. The molecule has 1 aromatic carbocycles. The van der Waals surface area contributed by atoms with Crippen LogP contribution in [-0.4, -0.2) is 49.6 Å². The van der Waals surface area contributed by atoms with Crippen LogP contribution in [0.4, 0.5) is 0 Å². The molecule has 0 aliphatic carbocycles. The van der Waals surface area contributed by atoms with Crippen LogP contribution in [0.5, 0.6) is 11.5 Å². The average Bonchev–Trinajstić information content (AvgIpc) is 2.56. The van der Waals surface area contributed by atoms with E-state index in [1.165, 1.54) is 5.56 Å². The van der Waals surface area contributed by atoms with Crippen molar-refractivity contribution in [3.05, 3.63) is 23.3 Å². The van der Waals surface area contributed by atoms with Gasteiger partial charge in [-0.3, -0.25) is 4.79 Å². The quantitative estimate of drug-likeness (QED) is 0.862. The number of amides is 1. The fraction of sp³-hybridized carbons (Fsp3) is 0.562. The van der Waals surface area contributed by atoms with Crippen LogP contribution < -0.4 is 15.2 Å². The molecule has 0 spiro atoms. The Morgan fingerprint density at radius 3 is 2.55 bits per heavy atom. The molecule has 122 valence electrons. The van der Waals surface area contributed by atoms with E-state index >= 15 is 0 Å². The van der Waals surface area contributed by atoms with Crippen LogP contribution in [-0.2, 0) is 17.8 Å². The van der Waals surface area contributed by atoms with Crippen LogP contribution in [0, 0.1) is 0 Å². The topological polar surface area (TPSA) is 64.8 Å². The number of carbonyl (C=O) groups is 1. The van der Waals surface area contributed by atoms with Crippen molar-refractivity contribution < 1.29 is 14.3 Å². The van der Waals surface area contributed by atoms with E-state index in [4.69, 9.17) is 15.2 Å². The fourth-order valence-electron chi connectivity index (χ4n) is 2.67. The molecule has 6 heteroatoms. The van der Waals surface area contributed by atoms with Crippen LogP contribution in [0.25, 0.3) is 0 Å². The van der Waals surface area contributed by atoms with Crippen LogP contribution in [0.2, 0.25) is 0 Å². The second-order valence-electron chi connectivity index (χ2n) is 5.37. The molecule has 0 unspecified atom stereocenters. The van der Waals surface area contributed by atoms with Crippen LogP contribution in [0.1, 0.15) is 17.5 Å². The third kappa shape index (κ3) is 3.67. The van der Waals surface area contributed by atoms with Crippen LogP contribution >= 0.6 is 11.8 Å². The molecule has 0 saturated carbocycles. The molecule has 5 nitrogen and oxygen atoms in total. The Hall–Kier alpha value is -1.40. The second kappa shape index (κ2) is 7.74. The molecule has 1 aromatic rings. The van der Waals surface area contributed by atoms with Crippen molar-refractivity contribution in [1.29, 1.82) is 0 Å². The lowest BCUT2D eigenvalue weighted by Gasteiger charge is -2.31. The number of methoxy groups -OCH3 is 2. The fourth-order valence-corrected chi connectivity index (χ4v) is 3.16. The maximum Gasteiger partial charge on any atom is 0.239 e. The molecule has 0 aromatic heterocycles. The summed E-state index contributed by atoms with van der Waals surface area (Å²) in [5.41, 5.74) is 8.32. The molecule has 1 amide bonds. The summed E-state index contributed by atoms with van der Waals surface area (Å²) in [6, 6.07) is 3.55. The highest BCUT2D eigenvalue weighted by molar-refractivity contribution is 7.98. The molecule has 2 N–H and O–H groups in total. The SMILES string of the molecule is COc1cc2c(cc1OC)CN(C(=O)[C@@H](N)CCSC)CC2. The maximum atomic E-state index is 12.4. The van der Waals surface area contributed by atoms with E-state index in [0.717, 1.165) is 29.9 Å². The minimum Gasteiger partial charge on any atom is -0.493 e. The number of hydrogen-bond acceptors (Lipinski definition) is 5. The van der Waals surface area contributed by atoms with Crippen molar-refractivity contribution >= 4 is 17.7 Å². The summed E-state index contributed by atoms with van der Waals surface area (Å²) >= 11 is 1.71. The van der Waals surface area contributed by atoms with Crippen molar-refractivity contribution in [3.8, 4) is 11.5 Å². The minimum atomic E-state index is -0.408. The van der Waals surface area contributed by atoms with Gasteiger partial charge >= 0.3 is 0 Å². The van der Waals surface area contributed by atoms with Crippen LogP contribution in [0.15, 0.2) is 12.1 Å². The first kappa shape index (κ1) is 17.0. The second-order valence-corrected chi connectivity index (χ2v) is 6.36. The lowest BCUT2D eigenvalue weighted by Crippen LogP contribution is -2.46. The molecule has 1 heterocycles. The summed E-state index contributed by atoms with van der Waals surface area (Å²) in [6.45, 7) is 1.29. The molecular formula is C16H24N2O3S. The minimum absolute atomic E-state index is 0.0366. The summed E-state index contributed by atoms with van der Waals surface area (Å²) in [5.74, 6) is 2.37. The first-order valence-corrected chi connectivity index (χ1v) is 8.77. The van der Waals surface area contributed by atoms with E-state index < -0.39 is 6.04 Å². The number of ether oxygens (including phenoxy) is 2. The maximum absolute atomic E-state index is 12.4. The standard InChI is InChI=1S/C16H24N2O3S/c1-20-14-8-11-4-6-18(10-12(11)9-15(14)21-2)16(19)13(17)5-7-22-3/h8-9,13H,4-7,10,17H2,1-3H3/t13-/m0/s1. The molecule has 0 bridgehead atoms. The van der Waals surface area contributed by atoms with Gasteiger partial charge in [0.2, 0.25) is 5.91 Å². The lowest BCUT2D eigenvalue weighted by molar-refractivity contribution is -0.133. The zero-order valence-electron chi connectivity index (χ0n) is 13.4. The summed E-state index contributed by atoms with van der Waals surface area (Å²) in [6.07, 6.45) is 3.56.